The lowest BCUT2D eigenvalue weighted by Crippen LogP contribution is -1.99. The molecule has 2 rings (SSSR count). The monoisotopic (exact) mass is 312 g/mol. The lowest BCUT2D eigenvalue weighted by atomic mass is 10.0. The van der Waals surface area contributed by atoms with Gasteiger partial charge in [-0.25, -0.2) is 8.78 Å². The minimum absolute atomic E-state index is 0.406. The fourth-order valence-corrected chi connectivity index (χ4v) is 2.39. The van der Waals surface area contributed by atoms with Crippen LogP contribution in [0.5, 0.6) is 11.5 Å². The first-order valence-electron chi connectivity index (χ1n) is 6.34. The molecule has 2 aromatic rings. The molecule has 0 bridgehead atoms. The Morgan fingerprint density at radius 2 is 1.57 bits per heavy atom. The van der Waals surface area contributed by atoms with Crippen molar-refractivity contribution >= 4 is 11.6 Å². The standard InChI is InChI=1S/C16H15ClF2O2/c1-20-15-4-3-10(6-16(15)21-2)5-14(17)11-7-12(18)9-13(19)8-11/h3-4,6-9,14H,5H2,1-2H3. The summed E-state index contributed by atoms with van der Waals surface area (Å²) in [5, 5.41) is -0.534. The summed E-state index contributed by atoms with van der Waals surface area (Å²) in [5.41, 5.74) is 1.29. The van der Waals surface area contributed by atoms with Gasteiger partial charge >= 0.3 is 0 Å². The Morgan fingerprint density at radius 1 is 0.952 bits per heavy atom. The van der Waals surface area contributed by atoms with Crippen LogP contribution in [0, 0.1) is 11.6 Å². The number of benzene rings is 2. The molecule has 0 spiro atoms. The molecular weight excluding hydrogens is 298 g/mol. The highest BCUT2D eigenvalue weighted by molar-refractivity contribution is 6.20. The van der Waals surface area contributed by atoms with Crippen molar-refractivity contribution in [2.24, 2.45) is 0 Å². The van der Waals surface area contributed by atoms with Crippen LogP contribution in [0.4, 0.5) is 8.78 Å². The predicted octanol–water partition coefficient (Wildman–Crippen LogP) is 4.50. The van der Waals surface area contributed by atoms with Crippen LogP contribution in [0.1, 0.15) is 16.5 Å². The molecular formula is C16H15ClF2O2. The SMILES string of the molecule is COc1ccc(CC(Cl)c2cc(F)cc(F)c2)cc1OC. The van der Waals surface area contributed by atoms with Crippen molar-refractivity contribution < 1.29 is 18.3 Å². The molecule has 2 aromatic carbocycles. The molecule has 0 aromatic heterocycles. The molecule has 0 aliphatic heterocycles. The van der Waals surface area contributed by atoms with Crippen LogP contribution in [0.2, 0.25) is 0 Å². The average molecular weight is 313 g/mol. The van der Waals surface area contributed by atoms with Gasteiger partial charge < -0.3 is 9.47 Å². The van der Waals surface area contributed by atoms with Crippen LogP contribution in [-0.2, 0) is 6.42 Å². The van der Waals surface area contributed by atoms with Crippen LogP contribution in [0.15, 0.2) is 36.4 Å². The Bertz CT molecular complexity index is 611. The minimum atomic E-state index is -0.636. The van der Waals surface area contributed by atoms with E-state index in [2.05, 4.69) is 0 Å². The number of hydrogen-bond acceptors (Lipinski definition) is 2. The first-order valence-corrected chi connectivity index (χ1v) is 6.78. The Balaban J connectivity index is 2.20. The van der Waals surface area contributed by atoms with Gasteiger partial charge in [-0.15, -0.1) is 11.6 Å². The third-order valence-electron chi connectivity index (χ3n) is 3.11. The van der Waals surface area contributed by atoms with Crippen molar-refractivity contribution in [3.05, 3.63) is 59.2 Å². The molecule has 0 fully saturated rings. The number of alkyl halides is 1. The summed E-state index contributed by atoms with van der Waals surface area (Å²) in [4.78, 5) is 0. The molecule has 112 valence electrons. The van der Waals surface area contributed by atoms with Gasteiger partial charge in [0.2, 0.25) is 0 Å². The van der Waals surface area contributed by atoms with E-state index >= 15 is 0 Å². The van der Waals surface area contributed by atoms with E-state index in [1.807, 2.05) is 6.07 Å². The molecule has 0 aliphatic rings. The molecule has 0 N–H and O–H groups in total. The van der Waals surface area contributed by atoms with Crippen LogP contribution in [0.3, 0.4) is 0 Å². The maximum absolute atomic E-state index is 13.2. The third kappa shape index (κ3) is 3.85. The zero-order chi connectivity index (χ0) is 15.4. The molecule has 0 heterocycles. The summed E-state index contributed by atoms with van der Waals surface area (Å²) in [6, 6.07) is 8.70. The largest absolute Gasteiger partial charge is 0.493 e. The van der Waals surface area contributed by atoms with Gasteiger partial charge in [-0.2, -0.15) is 0 Å². The smallest absolute Gasteiger partial charge is 0.160 e. The van der Waals surface area contributed by atoms with E-state index in [0.717, 1.165) is 11.6 Å². The van der Waals surface area contributed by atoms with Gasteiger partial charge in [-0.05, 0) is 41.8 Å². The van der Waals surface area contributed by atoms with E-state index in [4.69, 9.17) is 21.1 Å². The first kappa shape index (κ1) is 15.6. The second-order valence-corrected chi connectivity index (χ2v) is 5.09. The lowest BCUT2D eigenvalue weighted by molar-refractivity contribution is 0.354. The maximum Gasteiger partial charge on any atom is 0.160 e. The second-order valence-electron chi connectivity index (χ2n) is 4.56. The summed E-state index contributed by atoms with van der Waals surface area (Å²) in [5.74, 6) is -0.0700. The summed E-state index contributed by atoms with van der Waals surface area (Å²) >= 11 is 6.25. The van der Waals surface area contributed by atoms with Crippen molar-refractivity contribution in [2.75, 3.05) is 14.2 Å². The first-order chi connectivity index (χ1) is 10.0. The highest BCUT2D eigenvalue weighted by atomic mass is 35.5. The normalized spacial score (nSPS) is 12.0. The summed E-state index contributed by atoms with van der Waals surface area (Å²) in [6.45, 7) is 0. The Morgan fingerprint density at radius 3 is 2.14 bits per heavy atom. The van der Waals surface area contributed by atoms with Crippen molar-refractivity contribution in [1.29, 1.82) is 0 Å². The van der Waals surface area contributed by atoms with E-state index in [1.165, 1.54) is 12.1 Å². The topological polar surface area (TPSA) is 18.5 Å². The molecule has 0 aliphatic carbocycles. The van der Waals surface area contributed by atoms with Gasteiger partial charge in [0.25, 0.3) is 0 Å². The Hall–Kier alpha value is -1.81. The van der Waals surface area contributed by atoms with E-state index in [9.17, 15) is 8.78 Å². The third-order valence-corrected chi connectivity index (χ3v) is 3.52. The number of ether oxygens (including phenoxy) is 2. The van der Waals surface area contributed by atoms with Crippen molar-refractivity contribution in [1.82, 2.24) is 0 Å². The highest BCUT2D eigenvalue weighted by Gasteiger charge is 2.13. The Kier molecular flexibility index (Phi) is 5.02. The Labute approximate surface area is 127 Å². The number of rotatable bonds is 5. The van der Waals surface area contributed by atoms with Gasteiger partial charge in [0.1, 0.15) is 11.6 Å². The molecule has 1 unspecified atom stereocenters. The van der Waals surface area contributed by atoms with E-state index in [1.54, 1.807) is 26.4 Å². The van der Waals surface area contributed by atoms with Crippen LogP contribution < -0.4 is 9.47 Å². The van der Waals surface area contributed by atoms with Crippen LogP contribution >= 0.6 is 11.6 Å². The quantitative estimate of drug-likeness (QED) is 0.757. The van der Waals surface area contributed by atoms with E-state index in [-0.39, 0.29) is 0 Å². The van der Waals surface area contributed by atoms with Gasteiger partial charge in [0, 0.05) is 6.07 Å². The van der Waals surface area contributed by atoms with Crippen LogP contribution in [-0.4, -0.2) is 14.2 Å². The van der Waals surface area contributed by atoms with Gasteiger partial charge in [0.05, 0.1) is 19.6 Å². The van der Waals surface area contributed by atoms with E-state index < -0.39 is 17.0 Å². The molecule has 1 atom stereocenters. The molecule has 0 saturated carbocycles. The van der Waals surface area contributed by atoms with E-state index in [0.29, 0.717) is 23.5 Å². The molecule has 21 heavy (non-hydrogen) atoms. The zero-order valence-corrected chi connectivity index (χ0v) is 12.5. The summed E-state index contributed by atoms with van der Waals surface area (Å²) in [6.07, 6.45) is 0.421. The molecule has 0 amide bonds. The number of methoxy groups -OCH3 is 2. The summed E-state index contributed by atoms with van der Waals surface area (Å²) < 4.78 is 36.8. The highest BCUT2D eigenvalue weighted by Crippen LogP contribution is 2.31. The number of hydrogen-bond donors (Lipinski definition) is 0. The van der Waals surface area contributed by atoms with Crippen LogP contribution in [0.25, 0.3) is 0 Å². The predicted molar refractivity (Wildman–Crippen MR) is 78.2 cm³/mol. The fourth-order valence-electron chi connectivity index (χ4n) is 2.09. The molecule has 0 saturated heterocycles. The molecule has 5 heteroatoms. The number of halogens is 3. The molecule has 2 nitrogen and oxygen atoms in total. The van der Waals surface area contributed by atoms with Gasteiger partial charge in [-0.1, -0.05) is 6.07 Å². The summed E-state index contributed by atoms with van der Waals surface area (Å²) in [7, 11) is 3.10. The molecule has 0 radical (unpaired) electrons. The van der Waals surface area contributed by atoms with Gasteiger partial charge in [-0.3, -0.25) is 0 Å². The van der Waals surface area contributed by atoms with Crippen molar-refractivity contribution in [3.8, 4) is 11.5 Å². The van der Waals surface area contributed by atoms with Crippen molar-refractivity contribution in [2.45, 2.75) is 11.8 Å². The second kappa shape index (κ2) is 6.76. The van der Waals surface area contributed by atoms with Gasteiger partial charge in [0.15, 0.2) is 11.5 Å². The zero-order valence-electron chi connectivity index (χ0n) is 11.7. The van der Waals surface area contributed by atoms with Crippen molar-refractivity contribution in [3.63, 3.8) is 0 Å². The average Bonchev–Trinajstić information content (AvgIpc) is 2.46. The fraction of sp³-hybridized carbons (Fsp3) is 0.250. The lowest BCUT2D eigenvalue weighted by Gasteiger charge is -2.13. The maximum atomic E-state index is 13.2. The minimum Gasteiger partial charge on any atom is -0.493 e.